The van der Waals surface area contributed by atoms with Crippen molar-refractivity contribution in [2.45, 2.75) is 25.0 Å². The third-order valence-corrected chi connectivity index (χ3v) is 4.07. The first-order valence-corrected chi connectivity index (χ1v) is 6.99. The highest BCUT2D eigenvalue weighted by Crippen LogP contribution is 2.26. The average Bonchev–Trinajstić information content (AvgIpc) is 2.80. The van der Waals surface area contributed by atoms with E-state index in [-0.39, 0.29) is 0 Å². The summed E-state index contributed by atoms with van der Waals surface area (Å²) < 4.78 is 0. The van der Waals surface area contributed by atoms with E-state index in [0.29, 0.717) is 0 Å². The van der Waals surface area contributed by atoms with Gasteiger partial charge in [0.05, 0.1) is 0 Å². The first kappa shape index (κ1) is 11.6. The summed E-state index contributed by atoms with van der Waals surface area (Å²) in [5.74, 6) is 2.28. The minimum atomic E-state index is 0.788. The van der Waals surface area contributed by atoms with E-state index >= 15 is 0 Å². The molecular formula is C12H19N3S. The molecular weight excluding hydrogens is 218 g/mol. The van der Waals surface area contributed by atoms with Crippen molar-refractivity contribution in [3.05, 3.63) is 18.3 Å². The molecule has 0 radical (unpaired) electrons. The standard InChI is InChI=1S/C12H19N3S/c1-2-13-12-8-10(5-6-14-12)15-9-11-4-3-7-16-11/h5-6,8,11H,2-4,7,9H2,1H3,(H2,13,14,15). The summed E-state index contributed by atoms with van der Waals surface area (Å²) in [6.45, 7) is 4.06. The molecule has 0 aliphatic carbocycles. The van der Waals surface area contributed by atoms with Crippen molar-refractivity contribution in [3.63, 3.8) is 0 Å². The van der Waals surface area contributed by atoms with Gasteiger partial charge in [-0.05, 0) is 31.6 Å². The van der Waals surface area contributed by atoms with E-state index in [1.165, 1.54) is 24.3 Å². The SMILES string of the molecule is CCNc1cc(NCC2CCCS2)ccn1. The van der Waals surface area contributed by atoms with Crippen molar-refractivity contribution in [3.8, 4) is 0 Å². The van der Waals surface area contributed by atoms with Gasteiger partial charge in [0.2, 0.25) is 0 Å². The van der Waals surface area contributed by atoms with E-state index < -0.39 is 0 Å². The molecule has 16 heavy (non-hydrogen) atoms. The average molecular weight is 237 g/mol. The Hall–Kier alpha value is -0.900. The zero-order valence-electron chi connectivity index (χ0n) is 9.70. The van der Waals surface area contributed by atoms with Gasteiger partial charge in [0.1, 0.15) is 5.82 Å². The monoisotopic (exact) mass is 237 g/mol. The fourth-order valence-electron chi connectivity index (χ4n) is 1.86. The maximum absolute atomic E-state index is 4.25. The zero-order chi connectivity index (χ0) is 11.2. The second kappa shape index (κ2) is 5.99. The summed E-state index contributed by atoms with van der Waals surface area (Å²) in [5.41, 5.74) is 1.17. The first-order valence-electron chi connectivity index (χ1n) is 5.94. The molecule has 0 saturated carbocycles. The normalized spacial score (nSPS) is 19.7. The Morgan fingerprint density at radius 1 is 1.50 bits per heavy atom. The van der Waals surface area contributed by atoms with E-state index in [4.69, 9.17) is 0 Å². The molecule has 2 rings (SSSR count). The Morgan fingerprint density at radius 3 is 3.19 bits per heavy atom. The summed E-state index contributed by atoms with van der Waals surface area (Å²) >= 11 is 2.08. The molecule has 1 aromatic rings. The molecule has 1 aliphatic rings. The molecule has 0 bridgehead atoms. The molecule has 4 heteroatoms. The maximum atomic E-state index is 4.25. The molecule has 2 N–H and O–H groups in total. The van der Waals surface area contributed by atoms with Gasteiger partial charge in [0.25, 0.3) is 0 Å². The summed E-state index contributed by atoms with van der Waals surface area (Å²) in [7, 11) is 0. The van der Waals surface area contributed by atoms with E-state index in [1.807, 2.05) is 12.3 Å². The maximum Gasteiger partial charge on any atom is 0.127 e. The first-order chi connectivity index (χ1) is 7.88. The number of hydrogen-bond donors (Lipinski definition) is 2. The summed E-state index contributed by atoms with van der Waals surface area (Å²) in [5, 5.41) is 7.49. The van der Waals surface area contributed by atoms with Crippen molar-refractivity contribution in [2.75, 3.05) is 29.5 Å². The largest absolute Gasteiger partial charge is 0.384 e. The van der Waals surface area contributed by atoms with Crippen molar-refractivity contribution >= 4 is 23.3 Å². The number of hydrogen-bond acceptors (Lipinski definition) is 4. The number of nitrogens with zero attached hydrogens (tertiary/aromatic N) is 1. The summed E-state index contributed by atoms with van der Waals surface area (Å²) in [4.78, 5) is 4.25. The van der Waals surface area contributed by atoms with Gasteiger partial charge in [-0.3, -0.25) is 0 Å². The van der Waals surface area contributed by atoms with Gasteiger partial charge in [-0.25, -0.2) is 4.98 Å². The molecule has 1 aliphatic heterocycles. The second-order valence-electron chi connectivity index (χ2n) is 3.98. The van der Waals surface area contributed by atoms with Gasteiger partial charge in [0, 0.05) is 36.3 Å². The van der Waals surface area contributed by atoms with Crippen molar-refractivity contribution in [2.24, 2.45) is 0 Å². The van der Waals surface area contributed by atoms with Gasteiger partial charge in [-0.15, -0.1) is 0 Å². The van der Waals surface area contributed by atoms with Gasteiger partial charge >= 0.3 is 0 Å². The highest BCUT2D eigenvalue weighted by atomic mass is 32.2. The molecule has 1 atom stereocenters. The van der Waals surface area contributed by atoms with Crippen molar-refractivity contribution < 1.29 is 0 Å². The lowest BCUT2D eigenvalue weighted by Gasteiger charge is -2.12. The third kappa shape index (κ3) is 3.30. The molecule has 3 nitrogen and oxygen atoms in total. The quantitative estimate of drug-likeness (QED) is 0.825. The molecule has 1 unspecified atom stereocenters. The highest BCUT2D eigenvalue weighted by Gasteiger charge is 2.14. The molecule has 1 aromatic heterocycles. The Kier molecular flexibility index (Phi) is 4.34. The lowest BCUT2D eigenvalue weighted by Crippen LogP contribution is -2.13. The number of thioether (sulfide) groups is 1. The smallest absolute Gasteiger partial charge is 0.127 e. The highest BCUT2D eigenvalue weighted by molar-refractivity contribution is 8.00. The minimum Gasteiger partial charge on any atom is -0.384 e. The Morgan fingerprint density at radius 2 is 2.44 bits per heavy atom. The second-order valence-corrected chi connectivity index (χ2v) is 5.38. The number of aromatic nitrogens is 1. The predicted molar refractivity (Wildman–Crippen MR) is 72.4 cm³/mol. The summed E-state index contributed by atoms with van der Waals surface area (Å²) in [6.07, 6.45) is 4.57. The van der Waals surface area contributed by atoms with Crippen LogP contribution in [-0.4, -0.2) is 29.1 Å². The molecule has 0 amide bonds. The Bertz CT molecular complexity index is 324. The van der Waals surface area contributed by atoms with Gasteiger partial charge in [-0.2, -0.15) is 11.8 Å². The molecule has 2 heterocycles. The van der Waals surface area contributed by atoms with Crippen LogP contribution >= 0.6 is 11.8 Å². The van der Waals surface area contributed by atoms with Crippen LogP contribution < -0.4 is 10.6 Å². The molecule has 0 spiro atoms. The molecule has 88 valence electrons. The lowest BCUT2D eigenvalue weighted by molar-refractivity contribution is 0.805. The van der Waals surface area contributed by atoms with Crippen LogP contribution in [0.3, 0.4) is 0 Å². The lowest BCUT2D eigenvalue weighted by atomic mass is 10.2. The topological polar surface area (TPSA) is 37.0 Å². The van der Waals surface area contributed by atoms with E-state index in [0.717, 1.165) is 24.2 Å². The van der Waals surface area contributed by atoms with Gasteiger partial charge in [0.15, 0.2) is 0 Å². The van der Waals surface area contributed by atoms with Crippen LogP contribution in [0.2, 0.25) is 0 Å². The number of pyridine rings is 1. The van der Waals surface area contributed by atoms with E-state index in [1.54, 1.807) is 0 Å². The van der Waals surface area contributed by atoms with Crippen molar-refractivity contribution in [1.82, 2.24) is 4.98 Å². The van der Waals surface area contributed by atoms with Crippen LogP contribution in [0.5, 0.6) is 0 Å². The van der Waals surface area contributed by atoms with Crippen LogP contribution in [0.15, 0.2) is 18.3 Å². The Labute approximate surface area is 101 Å². The number of nitrogens with one attached hydrogen (secondary N) is 2. The predicted octanol–water partition coefficient (Wildman–Crippen LogP) is 2.82. The molecule has 1 fully saturated rings. The van der Waals surface area contributed by atoms with Crippen LogP contribution in [-0.2, 0) is 0 Å². The molecule has 0 aromatic carbocycles. The van der Waals surface area contributed by atoms with Crippen LogP contribution in [0.4, 0.5) is 11.5 Å². The number of anilines is 2. The Balaban J connectivity index is 1.85. The fourth-order valence-corrected chi connectivity index (χ4v) is 3.06. The van der Waals surface area contributed by atoms with Crippen LogP contribution in [0.25, 0.3) is 0 Å². The van der Waals surface area contributed by atoms with Gasteiger partial charge < -0.3 is 10.6 Å². The van der Waals surface area contributed by atoms with Gasteiger partial charge in [-0.1, -0.05) is 0 Å². The fraction of sp³-hybridized carbons (Fsp3) is 0.583. The third-order valence-electron chi connectivity index (χ3n) is 2.68. The minimum absolute atomic E-state index is 0.788. The van der Waals surface area contributed by atoms with Crippen LogP contribution in [0, 0.1) is 0 Å². The van der Waals surface area contributed by atoms with Crippen LogP contribution in [0.1, 0.15) is 19.8 Å². The molecule has 1 saturated heterocycles. The zero-order valence-corrected chi connectivity index (χ0v) is 10.5. The summed E-state index contributed by atoms with van der Waals surface area (Å²) in [6, 6.07) is 4.10. The van der Waals surface area contributed by atoms with E-state index in [9.17, 15) is 0 Å². The van der Waals surface area contributed by atoms with E-state index in [2.05, 4.69) is 40.4 Å². The van der Waals surface area contributed by atoms with Crippen molar-refractivity contribution in [1.29, 1.82) is 0 Å². The number of rotatable bonds is 5.